The topological polar surface area (TPSA) is 76.1 Å². The smallest absolute Gasteiger partial charge is 0.271 e. The van der Waals surface area contributed by atoms with Crippen molar-refractivity contribution in [1.29, 1.82) is 0 Å². The van der Waals surface area contributed by atoms with Crippen molar-refractivity contribution < 1.29 is 9.53 Å². The molecule has 0 aliphatic carbocycles. The van der Waals surface area contributed by atoms with Crippen LogP contribution in [0.25, 0.3) is 0 Å². The van der Waals surface area contributed by atoms with E-state index < -0.39 is 0 Å². The Kier molecular flexibility index (Phi) is 6.58. The maximum absolute atomic E-state index is 11.9. The van der Waals surface area contributed by atoms with E-state index in [0.29, 0.717) is 29.0 Å². The summed E-state index contributed by atoms with van der Waals surface area (Å²) in [6.45, 7) is 1.12. The zero-order chi connectivity index (χ0) is 16.7. The highest BCUT2D eigenvalue weighted by atomic mass is 35.5. The van der Waals surface area contributed by atoms with E-state index in [1.807, 2.05) is 0 Å². The van der Waals surface area contributed by atoms with Crippen LogP contribution in [0.2, 0.25) is 10.0 Å². The van der Waals surface area contributed by atoms with E-state index in [-0.39, 0.29) is 11.6 Å². The number of rotatable bonds is 7. The van der Waals surface area contributed by atoms with E-state index in [4.69, 9.17) is 27.9 Å². The Balaban J connectivity index is 1.93. The van der Waals surface area contributed by atoms with Gasteiger partial charge in [-0.3, -0.25) is 4.79 Å². The average molecular weight is 355 g/mol. The molecule has 2 N–H and O–H groups in total. The molecule has 0 atom stereocenters. The average Bonchev–Trinajstić information content (AvgIpc) is 2.55. The molecule has 0 fully saturated rings. The van der Waals surface area contributed by atoms with Gasteiger partial charge in [0.2, 0.25) is 0 Å². The monoisotopic (exact) mass is 354 g/mol. The molecular weight excluding hydrogens is 339 g/mol. The van der Waals surface area contributed by atoms with Crippen LogP contribution in [-0.2, 0) is 4.74 Å². The Morgan fingerprint density at radius 1 is 1.17 bits per heavy atom. The van der Waals surface area contributed by atoms with Crippen LogP contribution in [0.1, 0.15) is 16.9 Å². The lowest BCUT2D eigenvalue weighted by molar-refractivity contribution is 0.0942. The van der Waals surface area contributed by atoms with E-state index in [0.717, 1.165) is 12.1 Å². The van der Waals surface area contributed by atoms with Crippen LogP contribution in [0.15, 0.2) is 30.3 Å². The van der Waals surface area contributed by atoms with Crippen molar-refractivity contribution in [2.24, 2.45) is 0 Å². The van der Waals surface area contributed by atoms with Gasteiger partial charge in [-0.05, 0) is 36.8 Å². The molecule has 0 aliphatic heterocycles. The molecule has 0 saturated heterocycles. The summed E-state index contributed by atoms with van der Waals surface area (Å²) in [7, 11) is 1.62. The van der Waals surface area contributed by atoms with E-state index >= 15 is 0 Å². The van der Waals surface area contributed by atoms with Crippen LogP contribution in [0.5, 0.6) is 0 Å². The number of anilines is 2. The van der Waals surface area contributed by atoms with Gasteiger partial charge >= 0.3 is 0 Å². The first-order chi connectivity index (χ1) is 11.1. The van der Waals surface area contributed by atoms with Crippen LogP contribution < -0.4 is 10.6 Å². The van der Waals surface area contributed by atoms with Gasteiger partial charge in [0.25, 0.3) is 5.91 Å². The Labute approximate surface area is 144 Å². The number of hydrogen-bond acceptors (Lipinski definition) is 5. The van der Waals surface area contributed by atoms with Crippen molar-refractivity contribution in [3.8, 4) is 0 Å². The number of ether oxygens (including phenoxy) is 1. The van der Waals surface area contributed by atoms with Crippen LogP contribution in [0.3, 0.4) is 0 Å². The SMILES string of the molecule is COCCCNC(=O)c1ccc(Nc2ccc(Cl)c(Cl)c2)nn1. The fourth-order valence-electron chi connectivity index (χ4n) is 1.75. The highest BCUT2D eigenvalue weighted by molar-refractivity contribution is 6.42. The molecule has 8 heteroatoms. The van der Waals surface area contributed by atoms with Crippen LogP contribution in [0, 0.1) is 0 Å². The number of carbonyl (C=O) groups excluding carboxylic acids is 1. The molecule has 1 amide bonds. The lowest BCUT2D eigenvalue weighted by Crippen LogP contribution is -2.26. The molecule has 0 unspecified atom stereocenters. The first-order valence-electron chi connectivity index (χ1n) is 6.93. The van der Waals surface area contributed by atoms with Gasteiger partial charge in [-0.15, -0.1) is 10.2 Å². The van der Waals surface area contributed by atoms with Gasteiger partial charge in [0, 0.05) is 25.9 Å². The van der Waals surface area contributed by atoms with Gasteiger partial charge < -0.3 is 15.4 Å². The number of methoxy groups -OCH3 is 1. The van der Waals surface area contributed by atoms with Crippen molar-refractivity contribution in [1.82, 2.24) is 15.5 Å². The molecule has 0 radical (unpaired) electrons. The maximum atomic E-state index is 11.9. The lowest BCUT2D eigenvalue weighted by Gasteiger charge is -2.07. The van der Waals surface area contributed by atoms with E-state index in [9.17, 15) is 4.79 Å². The Morgan fingerprint density at radius 3 is 2.65 bits per heavy atom. The number of hydrogen-bond donors (Lipinski definition) is 2. The van der Waals surface area contributed by atoms with Crippen molar-refractivity contribution in [3.63, 3.8) is 0 Å². The number of nitrogens with one attached hydrogen (secondary N) is 2. The van der Waals surface area contributed by atoms with Crippen molar-refractivity contribution in [2.75, 3.05) is 25.6 Å². The van der Waals surface area contributed by atoms with Gasteiger partial charge in [-0.2, -0.15) is 0 Å². The van der Waals surface area contributed by atoms with Crippen molar-refractivity contribution >= 4 is 40.6 Å². The minimum Gasteiger partial charge on any atom is -0.385 e. The van der Waals surface area contributed by atoms with Gasteiger partial charge in [0.05, 0.1) is 10.0 Å². The Hall–Kier alpha value is -1.89. The minimum absolute atomic E-state index is 0.252. The fraction of sp³-hybridized carbons (Fsp3) is 0.267. The minimum atomic E-state index is -0.269. The van der Waals surface area contributed by atoms with E-state index in [2.05, 4.69) is 20.8 Å². The molecule has 2 aromatic rings. The maximum Gasteiger partial charge on any atom is 0.271 e. The quantitative estimate of drug-likeness (QED) is 0.746. The first-order valence-corrected chi connectivity index (χ1v) is 7.68. The normalized spacial score (nSPS) is 10.4. The van der Waals surface area contributed by atoms with Crippen LogP contribution in [-0.4, -0.2) is 36.4 Å². The Bertz CT molecular complexity index is 665. The zero-order valence-corrected chi connectivity index (χ0v) is 14.0. The summed E-state index contributed by atoms with van der Waals surface area (Å²) in [5.74, 6) is 0.231. The summed E-state index contributed by atoms with van der Waals surface area (Å²) in [6, 6.07) is 8.40. The van der Waals surface area contributed by atoms with Gasteiger partial charge in [0.1, 0.15) is 0 Å². The fourth-order valence-corrected chi connectivity index (χ4v) is 2.05. The summed E-state index contributed by atoms with van der Waals surface area (Å²) in [5, 5.41) is 14.6. The second kappa shape index (κ2) is 8.67. The molecule has 0 saturated carbocycles. The Morgan fingerprint density at radius 2 is 2.00 bits per heavy atom. The standard InChI is InChI=1S/C15H16Cl2N4O2/c1-23-8-2-7-18-15(22)13-5-6-14(21-20-13)19-10-3-4-11(16)12(17)9-10/h3-6,9H,2,7-8H2,1H3,(H,18,22)(H,19,21). The molecule has 0 spiro atoms. The number of benzene rings is 1. The highest BCUT2D eigenvalue weighted by Crippen LogP contribution is 2.26. The largest absolute Gasteiger partial charge is 0.385 e. The molecular formula is C15H16Cl2N4O2. The highest BCUT2D eigenvalue weighted by Gasteiger charge is 2.08. The first kappa shape index (κ1) is 17.5. The van der Waals surface area contributed by atoms with Crippen molar-refractivity contribution in [2.45, 2.75) is 6.42 Å². The molecule has 23 heavy (non-hydrogen) atoms. The summed E-state index contributed by atoms with van der Waals surface area (Å²) < 4.78 is 4.91. The molecule has 122 valence electrons. The molecule has 1 heterocycles. The lowest BCUT2D eigenvalue weighted by atomic mass is 10.3. The third-order valence-electron chi connectivity index (χ3n) is 2.90. The number of nitrogens with zero attached hydrogens (tertiary/aromatic N) is 2. The van der Waals surface area contributed by atoms with Gasteiger partial charge in [-0.25, -0.2) is 0 Å². The van der Waals surface area contributed by atoms with Crippen LogP contribution >= 0.6 is 23.2 Å². The van der Waals surface area contributed by atoms with E-state index in [1.54, 1.807) is 37.4 Å². The molecule has 1 aromatic carbocycles. The van der Waals surface area contributed by atoms with Gasteiger partial charge in [0.15, 0.2) is 11.5 Å². The second-order valence-corrected chi connectivity index (χ2v) is 5.47. The third kappa shape index (κ3) is 5.35. The third-order valence-corrected chi connectivity index (χ3v) is 3.64. The number of halogens is 2. The second-order valence-electron chi connectivity index (χ2n) is 4.66. The number of aromatic nitrogens is 2. The predicted octanol–water partition coefficient (Wildman–Crippen LogP) is 3.29. The molecule has 0 bridgehead atoms. The molecule has 0 aliphatic rings. The summed E-state index contributed by atoms with van der Waals surface area (Å²) >= 11 is 11.8. The number of amides is 1. The summed E-state index contributed by atoms with van der Waals surface area (Å²) in [5.41, 5.74) is 0.979. The predicted molar refractivity (Wildman–Crippen MR) is 90.6 cm³/mol. The molecule has 1 aromatic heterocycles. The summed E-state index contributed by atoms with van der Waals surface area (Å²) in [4.78, 5) is 11.9. The zero-order valence-electron chi connectivity index (χ0n) is 12.5. The summed E-state index contributed by atoms with van der Waals surface area (Å²) in [6.07, 6.45) is 0.743. The van der Waals surface area contributed by atoms with Crippen LogP contribution in [0.4, 0.5) is 11.5 Å². The van der Waals surface area contributed by atoms with E-state index in [1.165, 1.54) is 0 Å². The molecule has 2 rings (SSSR count). The number of carbonyl (C=O) groups is 1. The molecule has 6 nitrogen and oxygen atoms in total. The van der Waals surface area contributed by atoms with Crippen molar-refractivity contribution in [3.05, 3.63) is 46.1 Å². The van der Waals surface area contributed by atoms with Gasteiger partial charge in [-0.1, -0.05) is 23.2 Å².